The average Bonchev–Trinajstić information content (AvgIpc) is 2.76. The van der Waals surface area contributed by atoms with Crippen LogP contribution in [0.25, 0.3) is 0 Å². The first-order valence-corrected chi connectivity index (χ1v) is 8.47. The second-order valence-electron chi connectivity index (χ2n) is 5.18. The number of hydrogen-bond donors (Lipinski definition) is 1. The van der Waals surface area contributed by atoms with Crippen molar-refractivity contribution < 1.29 is 23.1 Å². The molecule has 21 heavy (non-hydrogen) atoms. The van der Waals surface area contributed by atoms with Gasteiger partial charge in [-0.05, 0) is 24.5 Å². The summed E-state index contributed by atoms with van der Waals surface area (Å²) >= 11 is 0. The van der Waals surface area contributed by atoms with Gasteiger partial charge in [0.1, 0.15) is 6.54 Å². The number of sulfone groups is 1. The average molecular weight is 311 g/mol. The van der Waals surface area contributed by atoms with Gasteiger partial charge < -0.3 is 10.0 Å². The molecule has 1 aromatic carbocycles. The molecule has 0 radical (unpaired) electrons. The van der Waals surface area contributed by atoms with Crippen LogP contribution in [0.1, 0.15) is 12.8 Å². The summed E-state index contributed by atoms with van der Waals surface area (Å²) in [4.78, 5) is 24.4. The number of carboxylic acids is 1. The predicted octanol–water partition coefficient (Wildman–Crippen LogP) is 0.929. The van der Waals surface area contributed by atoms with Crippen molar-refractivity contribution in [3.05, 3.63) is 30.3 Å². The molecule has 114 valence electrons. The van der Waals surface area contributed by atoms with Gasteiger partial charge in [0.05, 0.1) is 11.5 Å². The predicted molar refractivity (Wildman–Crippen MR) is 77.8 cm³/mol. The van der Waals surface area contributed by atoms with Crippen LogP contribution < -0.4 is 4.90 Å². The molecular weight excluding hydrogens is 294 g/mol. The fraction of sp³-hybridized carbons (Fsp3) is 0.429. The Kier molecular flexibility index (Phi) is 4.62. The monoisotopic (exact) mass is 311 g/mol. The first-order valence-electron chi connectivity index (χ1n) is 6.65. The molecule has 1 N–H and O–H groups in total. The number of amides is 1. The maximum Gasteiger partial charge on any atom is 0.323 e. The highest BCUT2D eigenvalue weighted by Crippen LogP contribution is 2.24. The Hall–Kier alpha value is -1.89. The number of benzene rings is 1. The fourth-order valence-electron chi connectivity index (χ4n) is 2.46. The van der Waals surface area contributed by atoms with Crippen LogP contribution in [0.3, 0.4) is 0 Å². The molecule has 1 aliphatic heterocycles. The van der Waals surface area contributed by atoms with Crippen LogP contribution in [0.15, 0.2) is 30.3 Å². The van der Waals surface area contributed by atoms with Gasteiger partial charge in [-0.25, -0.2) is 8.42 Å². The zero-order valence-electron chi connectivity index (χ0n) is 11.4. The van der Waals surface area contributed by atoms with Gasteiger partial charge >= 0.3 is 5.97 Å². The van der Waals surface area contributed by atoms with E-state index in [4.69, 9.17) is 5.11 Å². The van der Waals surface area contributed by atoms with E-state index < -0.39 is 22.4 Å². The Bertz CT molecular complexity index is 626. The maximum atomic E-state index is 12.3. The van der Waals surface area contributed by atoms with Gasteiger partial charge in [-0.2, -0.15) is 0 Å². The highest BCUT2D eigenvalue weighted by molar-refractivity contribution is 7.91. The van der Waals surface area contributed by atoms with Crippen molar-refractivity contribution in [2.75, 3.05) is 23.0 Å². The molecule has 1 aromatic rings. The smallest absolute Gasteiger partial charge is 0.323 e. The molecule has 0 aliphatic carbocycles. The Labute approximate surface area is 123 Å². The second kappa shape index (κ2) is 6.26. The number of carbonyl (C=O) groups excluding carboxylic acids is 1. The van der Waals surface area contributed by atoms with E-state index in [2.05, 4.69) is 0 Å². The van der Waals surface area contributed by atoms with Crippen LogP contribution in [-0.4, -0.2) is 43.5 Å². The molecule has 6 nitrogen and oxygen atoms in total. The Morgan fingerprint density at radius 2 is 1.90 bits per heavy atom. The molecule has 1 unspecified atom stereocenters. The van der Waals surface area contributed by atoms with E-state index >= 15 is 0 Å². The van der Waals surface area contributed by atoms with Crippen molar-refractivity contribution in [3.63, 3.8) is 0 Å². The molecule has 0 saturated carbocycles. The zero-order valence-corrected chi connectivity index (χ0v) is 12.3. The van der Waals surface area contributed by atoms with Gasteiger partial charge in [0.15, 0.2) is 9.84 Å². The van der Waals surface area contributed by atoms with E-state index in [1.165, 1.54) is 4.90 Å². The molecule has 0 aromatic heterocycles. The Morgan fingerprint density at radius 1 is 1.24 bits per heavy atom. The van der Waals surface area contributed by atoms with Gasteiger partial charge in [0.25, 0.3) is 0 Å². The summed E-state index contributed by atoms with van der Waals surface area (Å²) in [6, 6.07) is 8.53. The van der Waals surface area contributed by atoms with Crippen LogP contribution in [-0.2, 0) is 19.4 Å². The molecule has 7 heteroatoms. The quantitative estimate of drug-likeness (QED) is 0.873. The number of rotatable bonds is 5. The van der Waals surface area contributed by atoms with Gasteiger partial charge in [0.2, 0.25) is 5.91 Å². The summed E-state index contributed by atoms with van der Waals surface area (Å²) in [6.45, 7) is -0.428. The molecular formula is C14H17NO5S. The number of nitrogens with zero attached hydrogens (tertiary/aromatic N) is 1. The lowest BCUT2D eigenvalue weighted by Gasteiger charge is -2.22. The van der Waals surface area contributed by atoms with Gasteiger partial charge in [-0.3, -0.25) is 9.59 Å². The van der Waals surface area contributed by atoms with E-state index in [0.717, 1.165) is 0 Å². The van der Waals surface area contributed by atoms with Crippen molar-refractivity contribution in [2.24, 2.45) is 5.92 Å². The standard InChI is InChI=1S/C14H17NO5S/c16-13(8-11-6-7-21(19,20)10-11)15(9-14(17)18)12-4-2-1-3-5-12/h1-5,11H,6-10H2,(H,17,18). The van der Waals surface area contributed by atoms with Gasteiger partial charge in [-0.15, -0.1) is 0 Å². The summed E-state index contributed by atoms with van der Waals surface area (Å²) in [5.41, 5.74) is 0.505. The summed E-state index contributed by atoms with van der Waals surface area (Å²) in [5.74, 6) is -1.57. The topological polar surface area (TPSA) is 91.8 Å². The van der Waals surface area contributed by atoms with E-state index in [1.54, 1.807) is 30.3 Å². The Balaban J connectivity index is 2.10. The van der Waals surface area contributed by atoms with Crippen LogP contribution in [0.4, 0.5) is 5.69 Å². The summed E-state index contributed by atoms with van der Waals surface area (Å²) in [5, 5.41) is 8.95. The largest absolute Gasteiger partial charge is 0.480 e. The number of aliphatic carboxylic acids is 1. The molecule has 1 fully saturated rings. The minimum atomic E-state index is -3.04. The number of para-hydroxylation sites is 1. The van der Waals surface area contributed by atoms with E-state index in [0.29, 0.717) is 12.1 Å². The van der Waals surface area contributed by atoms with Crippen LogP contribution in [0.2, 0.25) is 0 Å². The number of anilines is 1. The summed E-state index contributed by atoms with van der Waals surface area (Å²) in [7, 11) is -3.04. The number of carbonyl (C=O) groups is 2. The molecule has 1 aliphatic rings. The minimum absolute atomic E-state index is 0.00837. The second-order valence-corrected chi connectivity index (χ2v) is 7.41. The highest BCUT2D eigenvalue weighted by atomic mass is 32.2. The molecule has 1 saturated heterocycles. The molecule has 0 spiro atoms. The van der Waals surface area contributed by atoms with Crippen LogP contribution in [0, 0.1) is 5.92 Å². The summed E-state index contributed by atoms with van der Waals surface area (Å²) < 4.78 is 22.8. The zero-order chi connectivity index (χ0) is 15.5. The minimum Gasteiger partial charge on any atom is -0.480 e. The van der Waals surface area contributed by atoms with E-state index in [-0.39, 0.29) is 29.8 Å². The number of carboxylic acid groups (broad SMARTS) is 1. The van der Waals surface area contributed by atoms with Crippen LogP contribution >= 0.6 is 0 Å². The van der Waals surface area contributed by atoms with E-state index in [9.17, 15) is 18.0 Å². The number of hydrogen-bond acceptors (Lipinski definition) is 4. The normalized spacial score (nSPS) is 20.1. The SMILES string of the molecule is O=C(O)CN(C(=O)CC1CCS(=O)(=O)C1)c1ccccc1. The summed E-state index contributed by atoms with van der Waals surface area (Å²) in [6.07, 6.45) is 0.519. The third kappa shape index (κ3) is 4.29. The lowest BCUT2D eigenvalue weighted by Crippen LogP contribution is -2.36. The van der Waals surface area contributed by atoms with E-state index in [1.807, 2.05) is 0 Å². The van der Waals surface area contributed by atoms with Gasteiger partial charge in [0, 0.05) is 12.1 Å². The molecule has 0 bridgehead atoms. The molecule has 2 rings (SSSR count). The van der Waals surface area contributed by atoms with Crippen molar-refractivity contribution in [2.45, 2.75) is 12.8 Å². The maximum absolute atomic E-state index is 12.3. The van der Waals surface area contributed by atoms with Crippen molar-refractivity contribution in [3.8, 4) is 0 Å². The first kappa shape index (κ1) is 15.5. The van der Waals surface area contributed by atoms with Crippen LogP contribution in [0.5, 0.6) is 0 Å². The molecule has 1 heterocycles. The highest BCUT2D eigenvalue weighted by Gasteiger charge is 2.31. The third-order valence-electron chi connectivity index (χ3n) is 3.45. The Morgan fingerprint density at radius 3 is 2.43 bits per heavy atom. The third-order valence-corrected chi connectivity index (χ3v) is 5.29. The molecule has 1 amide bonds. The van der Waals surface area contributed by atoms with Crippen molar-refractivity contribution in [1.82, 2.24) is 0 Å². The fourth-order valence-corrected chi connectivity index (χ4v) is 4.32. The molecule has 1 atom stereocenters. The first-order chi connectivity index (χ1) is 9.87. The van der Waals surface area contributed by atoms with Crippen molar-refractivity contribution >= 4 is 27.4 Å². The van der Waals surface area contributed by atoms with Crippen molar-refractivity contribution in [1.29, 1.82) is 0 Å². The van der Waals surface area contributed by atoms with Gasteiger partial charge in [-0.1, -0.05) is 18.2 Å². The lowest BCUT2D eigenvalue weighted by atomic mass is 10.0. The lowest BCUT2D eigenvalue weighted by molar-refractivity contribution is -0.136.